The van der Waals surface area contributed by atoms with Crippen molar-refractivity contribution in [2.45, 2.75) is 5.16 Å². The standard InChI is InChI=1S/C12H12BrN5O2S/c1-18-7-14-17-12(18)21-10(11(19)20-2)16-15-9-5-3-8(13)4-6-9/h3-7,15H,1-2H3/b16-10+. The van der Waals surface area contributed by atoms with E-state index in [-0.39, 0.29) is 5.04 Å². The first-order chi connectivity index (χ1) is 10.1. The molecule has 0 atom stereocenters. The molecule has 0 amide bonds. The SMILES string of the molecule is COC(=O)/C(=N\Nc1ccc(Br)cc1)Sc1nncn1C. The number of hydrogen-bond acceptors (Lipinski definition) is 7. The van der Waals surface area contributed by atoms with Crippen LogP contribution in [0.1, 0.15) is 0 Å². The van der Waals surface area contributed by atoms with Crippen molar-refractivity contribution >= 4 is 44.4 Å². The van der Waals surface area contributed by atoms with E-state index >= 15 is 0 Å². The van der Waals surface area contributed by atoms with Crippen LogP contribution < -0.4 is 5.43 Å². The lowest BCUT2D eigenvalue weighted by molar-refractivity contribution is -0.132. The maximum Gasteiger partial charge on any atom is 0.365 e. The number of rotatable bonds is 3. The topological polar surface area (TPSA) is 81.4 Å². The van der Waals surface area contributed by atoms with Gasteiger partial charge >= 0.3 is 5.97 Å². The zero-order valence-corrected chi connectivity index (χ0v) is 13.7. The van der Waals surface area contributed by atoms with Gasteiger partial charge in [0.25, 0.3) is 0 Å². The molecule has 0 radical (unpaired) electrons. The van der Waals surface area contributed by atoms with Gasteiger partial charge in [-0.2, -0.15) is 5.10 Å². The number of hydrazone groups is 1. The summed E-state index contributed by atoms with van der Waals surface area (Å²) in [5.74, 6) is -0.549. The van der Waals surface area contributed by atoms with Gasteiger partial charge in [0, 0.05) is 11.5 Å². The first-order valence-corrected chi connectivity index (χ1v) is 7.40. The number of hydrogen-bond donors (Lipinski definition) is 1. The lowest BCUT2D eigenvalue weighted by Crippen LogP contribution is -2.14. The number of carbonyl (C=O) groups is 1. The number of aromatic nitrogens is 3. The first-order valence-electron chi connectivity index (χ1n) is 5.79. The summed E-state index contributed by atoms with van der Waals surface area (Å²) in [4.78, 5) is 11.7. The molecule has 0 unspecified atom stereocenters. The number of ether oxygens (including phenoxy) is 1. The van der Waals surface area contributed by atoms with Crippen molar-refractivity contribution in [2.75, 3.05) is 12.5 Å². The molecule has 0 saturated carbocycles. The van der Waals surface area contributed by atoms with Crippen LogP contribution in [0.5, 0.6) is 0 Å². The highest BCUT2D eigenvalue weighted by Gasteiger charge is 2.17. The molecule has 0 fully saturated rings. The normalized spacial score (nSPS) is 11.3. The predicted octanol–water partition coefficient (Wildman–Crippen LogP) is 2.27. The summed E-state index contributed by atoms with van der Waals surface area (Å²) in [6.45, 7) is 0. The Labute approximate surface area is 133 Å². The van der Waals surface area contributed by atoms with Crippen LogP contribution in [0.15, 0.2) is 45.3 Å². The van der Waals surface area contributed by atoms with Crippen molar-refractivity contribution in [3.05, 3.63) is 35.1 Å². The fourth-order valence-electron chi connectivity index (χ4n) is 1.29. The Morgan fingerprint density at radius 1 is 1.43 bits per heavy atom. The number of benzene rings is 1. The van der Waals surface area contributed by atoms with E-state index in [1.54, 1.807) is 17.9 Å². The number of nitrogens with one attached hydrogen (secondary N) is 1. The van der Waals surface area contributed by atoms with Crippen LogP contribution in [0.2, 0.25) is 0 Å². The second kappa shape index (κ2) is 7.23. The number of nitrogens with zero attached hydrogens (tertiary/aromatic N) is 4. The molecule has 0 aliphatic rings. The maximum absolute atomic E-state index is 11.7. The molecule has 1 aromatic heterocycles. The second-order valence-corrected chi connectivity index (χ2v) is 5.73. The molecule has 2 rings (SSSR count). The first kappa shape index (κ1) is 15.5. The molecular formula is C12H12BrN5O2S. The molecule has 0 aliphatic heterocycles. The molecule has 0 aliphatic carbocycles. The minimum atomic E-state index is -0.549. The molecule has 0 spiro atoms. The quantitative estimate of drug-likeness (QED) is 0.294. The number of esters is 1. The van der Waals surface area contributed by atoms with Crippen LogP contribution in [-0.4, -0.2) is 32.9 Å². The minimum Gasteiger partial charge on any atom is -0.464 e. The number of halogens is 1. The van der Waals surface area contributed by atoms with Crippen LogP contribution in [0.3, 0.4) is 0 Å². The number of methoxy groups -OCH3 is 1. The third-order valence-electron chi connectivity index (χ3n) is 2.35. The molecule has 7 nitrogen and oxygen atoms in total. The average Bonchev–Trinajstić information content (AvgIpc) is 2.89. The summed E-state index contributed by atoms with van der Waals surface area (Å²) in [5.41, 5.74) is 3.56. The van der Waals surface area contributed by atoms with Gasteiger partial charge in [-0.15, -0.1) is 10.2 Å². The van der Waals surface area contributed by atoms with Crippen LogP contribution in [-0.2, 0) is 16.6 Å². The molecule has 0 bridgehead atoms. The van der Waals surface area contributed by atoms with E-state index < -0.39 is 5.97 Å². The Morgan fingerprint density at radius 2 is 2.14 bits per heavy atom. The van der Waals surface area contributed by atoms with Gasteiger partial charge in [0.15, 0.2) is 5.16 Å². The van der Waals surface area contributed by atoms with E-state index in [1.807, 2.05) is 24.3 Å². The highest BCUT2D eigenvalue weighted by molar-refractivity contribution is 9.10. The van der Waals surface area contributed by atoms with E-state index in [0.29, 0.717) is 5.16 Å². The summed E-state index contributed by atoms with van der Waals surface area (Å²) in [7, 11) is 3.08. The summed E-state index contributed by atoms with van der Waals surface area (Å²) in [6, 6.07) is 7.39. The van der Waals surface area contributed by atoms with Gasteiger partial charge in [-0.3, -0.25) is 5.43 Å². The molecule has 0 saturated heterocycles. The van der Waals surface area contributed by atoms with E-state index in [1.165, 1.54) is 7.11 Å². The predicted molar refractivity (Wildman–Crippen MR) is 84.1 cm³/mol. The number of aryl methyl sites for hydroxylation is 1. The number of thioether (sulfide) groups is 1. The van der Waals surface area contributed by atoms with Crippen LogP contribution in [0.25, 0.3) is 0 Å². The van der Waals surface area contributed by atoms with E-state index in [4.69, 9.17) is 4.74 Å². The van der Waals surface area contributed by atoms with Gasteiger partial charge < -0.3 is 9.30 Å². The molecule has 21 heavy (non-hydrogen) atoms. The van der Waals surface area contributed by atoms with E-state index in [0.717, 1.165) is 21.9 Å². The highest BCUT2D eigenvalue weighted by Crippen LogP contribution is 2.18. The Morgan fingerprint density at radius 3 is 2.71 bits per heavy atom. The lowest BCUT2D eigenvalue weighted by atomic mass is 10.3. The van der Waals surface area contributed by atoms with Crippen LogP contribution in [0, 0.1) is 0 Å². The second-order valence-electron chi connectivity index (χ2n) is 3.85. The van der Waals surface area contributed by atoms with Crippen LogP contribution >= 0.6 is 27.7 Å². The van der Waals surface area contributed by atoms with E-state index in [2.05, 4.69) is 36.7 Å². The highest BCUT2D eigenvalue weighted by atomic mass is 79.9. The Bertz CT molecular complexity index is 656. The fourth-order valence-corrected chi connectivity index (χ4v) is 2.26. The largest absolute Gasteiger partial charge is 0.464 e. The van der Waals surface area contributed by atoms with Crippen molar-refractivity contribution in [3.63, 3.8) is 0 Å². The summed E-state index contributed by atoms with van der Waals surface area (Å²) >= 11 is 4.42. The number of carbonyl (C=O) groups excluding carboxylic acids is 1. The van der Waals surface area contributed by atoms with Gasteiger partial charge in [-0.05, 0) is 36.0 Å². The molecule has 1 aromatic carbocycles. The average molecular weight is 370 g/mol. The molecule has 110 valence electrons. The zero-order valence-electron chi connectivity index (χ0n) is 11.3. The maximum atomic E-state index is 11.7. The third kappa shape index (κ3) is 4.30. The van der Waals surface area contributed by atoms with Gasteiger partial charge in [0.05, 0.1) is 12.8 Å². The van der Waals surface area contributed by atoms with Crippen molar-refractivity contribution in [2.24, 2.45) is 12.1 Å². The minimum absolute atomic E-state index is 0.136. The van der Waals surface area contributed by atoms with Gasteiger partial charge in [0.1, 0.15) is 6.33 Å². The number of anilines is 1. The van der Waals surface area contributed by atoms with Crippen molar-refractivity contribution in [3.8, 4) is 0 Å². The zero-order chi connectivity index (χ0) is 15.2. The molecular weight excluding hydrogens is 358 g/mol. The summed E-state index contributed by atoms with van der Waals surface area (Å²) < 4.78 is 7.35. The van der Waals surface area contributed by atoms with Crippen molar-refractivity contribution in [1.82, 2.24) is 14.8 Å². The molecule has 9 heteroatoms. The van der Waals surface area contributed by atoms with Crippen molar-refractivity contribution in [1.29, 1.82) is 0 Å². The van der Waals surface area contributed by atoms with Gasteiger partial charge in [0.2, 0.25) is 5.04 Å². The van der Waals surface area contributed by atoms with Crippen LogP contribution in [0.4, 0.5) is 5.69 Å². The third-order valence-corrected chi connectivity index (χ3v) is 3.88. The summed E-state index contributed by atoms with van der Waals surface area (Å²) in [6.07, 6.45) is 1.54. The lowest BCUT2D eigenvalue weighted by Gasteiger charge is -2.05. The monoisotopic (exact) mass is 369 g/mol. The molecule has 1 heterocycles. The van der Waals surface area contributed by atoms with Crippen molar-refractivity contribution < 1.29 is 9.53 Å². The van der Waals surface area contributed by atoms with Gasteiger partial charge in [-0.1, -0.05) is 15.9 Å². The fraction of sp³-hybridized carbons (Fsp3) is 0.167. The van der Waals surface area contributed by atoms with E-state index in [9.17, 15) is 4.79 Å². The smallest absolute Gasteiger partial charge is 0.365 e. The Balaban J connectivity index is 2.15. The van der Waals surface area contributed by atoms with Gasteiger partial charge in [-0.25, -0.2) is 4.79 Å². The molecule has 1 N–H and O–H groups in total. The molecule has 2 aromatic rings. The Kier molecular flexibility index (Phi) is 5.34. The summed E-state index contributed by atoms with van der Waals surface area (Å²) in [5, 5.41) is 12.4. The Hall–Kier alpha value is -1.87.